The van der Waals surface area contributed by atoms with Crippen LogP contribution in [0.15, 0.2) is 12.3 Å². The summed E-state index contributed by atoms with van der Waals surface area (Å²) in [6, 6.07) is 0.897. The first-order valence-corrected chi connectivity index (χ1v) is 6.10. The van der Waals surface area contributed by atoms with Gasteiger partial charge in [0.2, 0.25) is 5.91 Å². The lowest BCUT2D eigenvalue weighted by Crippen LogP contribution is -2.34. The molecule has 0 spiro atoms. The van der Waals surface area contributed by atoms with Crippen LogP contribution >= 0.6 is 0 Å². The summed E-state index contributed by atoms with van der Waals surface area (Å²) in [6.07, 6.45) is -2.88. The minimum atomic E-state index is -4.53. The first-order valence-electron chi connectivity index (χ1n) is 6.10. The van der Waals surface area contributed by atoms with Crippen LogP contribution in [0.5, 0.6) is 0 Å². The van der Waals surface area contributed by atoms with Gasteiger partial charge in [-0.2, -0.15) is 13.2 Å². The number of carbonyl (C=O) groups excluding carboxylic acids is 1. The van der Waals surface area contributed by atoms with E-state index >= 15 is 0 Å². The van der Waals surface area contributed by atoms with E-state index in [1.54, 1.807) is 16.8 Å². The number of nitrogens with two attached hydrogens (primary N) is 1. The van der Waals surface area contributed by atoms with E-state index < -0.39 is 11.9 Å². The minimum Gasteiger partial charge on any atom is -0.396 e. The Labute approximate surface area is 114 Å². The molecule has 20 heavy (non-hydrogen) atoms. The van der Waals surface area contributed by atoms with Gasteiger partial charge in [-0.15, -0.1) is 0 Å². The number of amides is 1. The Morgan fingerprint density at radius 1 is 1.35 bits per heavy atom. The number of anilines is 2. The molecule has 0 radical (unpaired) electrons. The molecule has 1 saturated heterocycles. The molecule has 5 nitrogen and oxygen atoms in total. The van der Waals surface area contributed by atoms with Gasteiger partial charge in [-0.1, -0.05) is 0 Å². The molecule has 1 aromatic heterocycles. The Kier molecular flexibility index (Phi) is 3.74. The molecule has 110 valence electrons. The van der Waals surface area contributed by atoms with Gasteiger partial charge >= 0.3 is 6.18 Å². The van der Waals surface area contributed by atoms with Crippen LogP contribution in [0.2, 0.25) is 0 Å². The Morgan fingerprint density at radius 2 is 2.05 bits per heavy atom. The largest absolute Gasteiger partial charge is 0.433 e. The summed E-state index contributed by atoms with van der Waals surface area (Å²) in [5, 5.41) is 0. The lowest BCUT2D eigenvalue weighted by Gasteiger charge is -2.24. The molecule has 2 N–H and O–H groups in total. The van der Waals surface area contributed by atoms with Crippen LogP contribution < -0.4 is 10.6 Å². The number of alkyl halides is 3. The average molecular weight is 288 g/mol. The van der Waals surface area contributed by atoms with E-state index in [-0.39, 0.29) is 23.8 Å². The molecule has 1 aliphatic heterocycles. The Hall–Kier alpha value is -1.99. The highest BCUT2D eigenvalue weighted by Crippen LogP contribution is 2.33. The van der Waals surface area contributed by atoms with E-state index in [9.17, 15) is 18.0 Å². The molecular formula is C12H15F3N4O. The molecule has 0 aromatic carbocycles. The predicted octanol–water partition coefficient (Wildman–Crippen LogP) is 1.35. The third kappa shape index (κ3) is 2.94. The van der Waals surface area contributed by atoms with E-state index in [0.717, 1.165) is 12.3 Å². The maximum Gasteiger partial charge on any atom is 0.433 e. The smallest absolute Gasteiger partial charge is 0.396 e. The van der Waals surface area contributed by atoms with Crippen LogP contribution in [-0.2, 0) is 11.0 Å². The summed E-state index contributed by atoms with van der Waals surface area (Å²) >= 11 is 0. The van der Waals surface area contributed by atoms with Gasteiger partial charge in [0.1, 0.15) is 5.69 Å². The quantitative estimate of drug-likeness (QED) is 0.847. The topological polar surface area (TPSA) is 62.5 Å². The molecule has 1 amide bonds. The number of hydrogen-bond donors (Lipinski definition) is 1. The van der Waals surface area contributed by atoms with Gasteiger partial charge in [0.25, 0.3) is 0 Å². The zero-order chi connectivity index (χ0) is 14.9. The molecule has 0 aliphatic carbocycles. The van der Waals surface area contributed by atoms with Crippen molar-refractivity contribution in [3.05, 3.63) is 18.0 Å². The van der Waals surface area contributed by atoms with Crippen molar-refractivity contribution in [3.8, 4) is 0 Å². The Balaban J connectivity index is 2.34. The number of likely N-dealkylation sites (N-methyl/N-ethyl adjacent to an activating group) is 1. The highest BCUT2D eigenvalue weighted by Gasteiger charge is 2.33. The first-order chi connectivity index (χ1) is 9.29. The van der Waals surface area contributed by atoms with Gasteiger partial charge in [0.15, 0.2) is 0 Å². The van der Waals surface area contributed by atoms with E-state index in [0.29, 0.717) is 19.5 Å². The van der Waals surface area contributed by atoms with Gasteiger partial charge in [-0.25, -0.2) is 4.98 Å². The third-order valence-electron chi connectivity index (χ3n) is 3.22. The van der Waals surface area contributed by atoms with Crippen LogP contribution in [0, 0.1) is 0 Å². The van der Waals surface area contributed by atoms with Crippen molar-refractivity contribution in [2.45, 2.75) is 12.6 Å². The summed E-state index contributed by atoms with van der Waals surface area (Å²) in [4.78, 5) is 18.2. The third-order valence-corrected chi connectivity index (χ3v) is 3.22. The highest BCUT2D eigenvalue weighted by atomic mass is 19.4. The number of nitrogen functional groups attached to an aromatic ring is 1. The highest BCUT2D eigenvalue weighted by molar-refractivity contribution is 5.83. The normalized spacial score (nSPS) is 17.3. The fraction of sp³-hybridized carbons (Fsp3) is 0.500. The minimum absolute atomic E-state index is 0.0159. The number of aromatic nitrogens is 1. The molecule has 0 bridgehead atoms. The van der Waals surface area contributed by atoms with Crippen molar-refractivity contribution < 1.29 is 18.0 Å². The van der Waals surface area contributed by atoms with Gasteiger partial charge in [0.05, 0.1) is 24.1 Å². The second kappa shape index (κ2) is 5.18. The molecule has 2 rings (SSSR count). The maximum atomic E-state index is 12.7. The fourth-order valence-corrected chi connectivity index (χ4v) is 2.08. The van der Waals surface area contributed by atoms with Crippen molar-refractivity contribution in [1.82, 2.24) is 9.88 Å². The van der Waals surface area contributed by atoms with E-state index in [1.807, 2.05) is 0 Å². The van der Waals surface area contributed by atoms with Crippen LogP contribution in [0.25, 0.3) is 0 Å². The molecule has 2 heterocycles. The first kappa shape index (κ1) is 14.4. The zero-order valence-corrected chi connectivity index (χ0v) is 10.9. The average Bonchev–Trinajstić information content (AvgIpc) is 2.51. The van der Waals surface area contributed by atoms with E-state index in [2.05, 4.69) is 4.98 Å². The second-order valence-electron chi connectivity index (χ2n) is 4.72. The van der Waals surface area contributed by atoms with Crippen molar-refractivity contribution in [2.75, 3.05) is 37.3 Å². The van der Waals surface area contributed by atoms with Crippen molar-refractivity contribution in [2.24, 2.45) is 0 Å². The molecule has 8 heteroatoms. The number of pyridine rings is 1. The zero-order valence-electron chi connectivity index (χ0n) is 10.9. The van der Waals surface area contributed by atoms with Gasteiger partial charge in [-0.05, 0) is 12.5 Å². The SMILES string of the molecule is CN1CCCN(c2cc(C(F)(F)F)ncc2N)CC1=O. The van der Waals surface area contributed by atoms with Crippen molar-refractivity contribution in [3.63, 3.8) is 0 Å². The van der Waals surface area contributed by atoms with Crippen LogP contribution in [0.4, 0.5) is 24.5 Å². The number of halogens is 3. The number of carbonyl (C=O) groups is 1. The lowest BCUT2D eigenvalue weighted by molar-refractivity contribution is -0.141. The predicted molar refractivity (Wildman–Crippen MR) is 68.1 cm³/mol. The summed E-state index contributed by atoms with van der Waals surface area (Å²) in [5.41, 5.74) is 5.03. The molecule has 1 aliphatic rings. The molecule has 1 aromatic rings. The summed E-state index contributed by atoms with van der Waals surface area (Å²) in [5.74, 6) is -0.146. The fourth-order valence-electron chi connectivity index (χ4n) is 2.08. The van der Waals surface area contributed by atoms with Crippen molar-refractivity contribution >= 4 is 17.3 Å². The molecular weight excluding hydrogens is 273 g/mol. The lowest BCUT2D eigenvalue weighted by atomic mass is 10.2. The summed E-state index contributed by atoms with van der Waals surface area (Å²) < 4.78 is 38.1. The molecule has 0 atom stereocenters. The van der Waals surface area contributed by atoms with Gasteiger partial charge in [-0.3, -0.25) is 4.79 Å². The maximum absolute atomic E-state index is 12.7. The van der Waals surface area contributed by atoms with E-state index in [1.165, 1.54) is 0 Å². The molecule has 1 fully saturated rings. The van der Waals surface area contributed by atoms with E-state index in [4.69, 9.17) is 5.73 Å². The van der Waals surface area contributed by atoms with Crippen LogP contribution in [0.3, 0.4) is 0 Å². The monoisotopic (exact) mass is 288 g/mol. The summed E-state index contributed by atoms with van der Waals surface area (Å²) in [7, 11) is 1.67. The van der Waals surface area contributed by atoms with Crippen LogP contribution in [-0.4, -0.2) is 42.5 Å². The molecule has 0 saturated carbocycles. The van der Waals surface area contributed by atoms with Crippen LogP contribution in [0.1, 0.15) is 12.1 Å². The Morgan fingerprint density at radius 3 is 2.70 bits per heavy atom. The van der Waals surface area contributed by atoms with Gasteiger partial charge < -0.3 is 15.5 Å². The number of nitrogens with zero attached hydrogens (tertiary/aromatic N) is 3. The van der Waals surface area contributed by atoms with Gasteiger partial charge in [0, 0.05) is 20.1 Å². The van der Waals surface area contributed by atoms with Crippen molar-refractivity contribution in [1.29, 1.82) is 0 Å². The number of hydrogen-bond acceptors (Lipinski definition) is 4. The molecule has 0 unspecified atom stereocenters. The number of rotatable bonds is 1. The standard InChI is InChI=1S/C12H15F3N4O/c1-18-3-2-4-19(7-11(18)20)9-5-10(12(13,14)15)17-6-8(9)16/h5-6H,2-4,7,16H2,1H3. The summed E-state index contributed by atoms with van der Waals surface area (Å²) in [6.45, 7) is 1.07. The Bertz CT molecular complexity index is 518. The second-order valence-corrected chi connectivity index (χ2v) is 4.72.